The first-order chi connectivity index (χ1) is 4.98. The fourth-order valence-corrected chi connectivity index (χ4v) is 0.887. The molecule has 1 unspecified atom stereocenters. The van der Waals surface area contributed by atoms with Crippen molar-refractivity contribution >= 4 is 0 Å². The first-order valence-electron chi connectivity index (χ1n) is 4.18. The predicted octanol–water partition coefficient (Wildman–Crippen LogP) is 0.0506. The van der Waals surface area contributed by atoms with E-state index in [9.17, 15) is 0 Å². The topological polar surface area (TPSA) is 64.1 Å². The summed E-state index contributed by atoms with van der Waals surface area (Å²) in [5.74, 6) is 0. The highest BCUT2D eigenvalue weighted by Gasteiger charge is 2.15. The first kappa shape index (κ1) is 10.9. The molecule has 0 rings (SSSR count). The lowest BCUT2D eigenvalue weighted by molar-refractivity contribution is 0.359. The van der Waals surface area contributed by atoms with Crippen molar-refractivity contribution in [3.05, 3.63) is 0 Å². The summed E-state index contributed by atoms with van der Waals surface area (Å²) in [7, 11) is 0. The highest BCUT2D eigenvalue weighted by atomic mass is 15.0. The molecule has 0 spiro atoms. The quantitative estimate of drug-likeness (QED) is 0.531. The highest BCUT2D eigenvalue weighted by Crippen LogP contribution is 2.05. The summed E-state index contributed by atoms with van der Waals surface area (Å²) in [5, 5.41) is 3.35. The van der Waals surface area contributed by atoms with Gasteiger partial charge in [-0.2, -0.15) is 0 Å². The maximum atomic E-state index is 5.60. The molecule has 0 aliphatic carbocycles. The van der Waals surface area contributed by atoms with Crippen molar-refractivity contribution in [1.82, 2.24) is 5.32 Å². The molecule has 0 aromatic carbocycles. The summed E-state index contributed by atoms with van der Waals surface area (Å²) in [6.07, 6.45) is 0.986. The minimum atomic E-state index is 0.127. The zero-order valence-electron chi connectivity index (χ0n) is 7.85. The molecule has 0 radical (unpaired) electrons. The molecular formula is C8H21N3. The van der Waals surface area contributed by atoms with E-state index in [1.165, 1.54) is 0 Å². The molecule has 0 aromatic rings. The highest BCUT2D eigenvalue weighted by molar-refractivity contribution is 4.78. The molecule has 0 amide bonds. The summed E-state index contributed by atoms with van der Waals surface area (Å²) in [6, 6.07) is 0.215. The van der Waals surface area contributed by atoms with Gasteiger partial charge >= 0.3 is 0 Å². The molecule has 0 aromatic heterocycles. The molecule has 11 heavy (non-hydrogen) atoms. The van der Waals surface area contributed by atoms with E-state index < -0.39 is 0 Å². The van der Waals surface area contributed by atoms with Gasteiger partial charge in [-0.05, 0) is 33.7 Å². The fraction of sp³-hybridized carbons (Fsp3) is 1.00. The van der Waals surface area contributed by atoms with Crippen LogP contribution in [-0.2, 0) is 0 Å². The number of rotatable bonds is 5. The Hall–Kier alpha value is -0.120. The van der Waals surface area contributed by atoms with Gasteiger partial charge in [-0.25, -0.2) is 0 Å². The van der Waals surface area contributed by atoms with E-state index in [1.54, 1.807) is 0 Å². The SMILES string of the molecule is CC(N)CNC(C)(C)CCN. The van der Waals surface area contributed by atoms with Crippen molar-refractivity contribution in [2.45, 2.75) is 38.8 Å². The second-order valence-electron chi connectivity index (χ2n) is 3.78. The minimum Gasteiger partial charge on any atom is -0.330 e. The van der Waals surface area contributed by atoms with Gasteiger partial charge < -0.3 is 16.8 Å². The smallest absolute Gasteiger partial charge is 0.0137 e. The van der Waals surface area contributed by atoms with Crippen molar-refractivity contribution in [3.8, 4) is 0 Å². The van der Waals surface area contributed by atoms with Gasteiger partial charge in [0, 0.05) is 18.1 Å². The standard InChI is InChI=1S/C8H21N3/c1-7(10)6-11-8(2,3)4-5-9/h7,11H,4-6,9-10H2,1-3H3. The van der Waals surface area contributed by atoms with Crippen LogP contribution in [0.4, 0.5) is 0 Å². The second-order valence-corrected chi connectivity index (χ2v) is 3.78. The zero-order chi connectivity index (χ0) is 8.91. The van der Waals surface area contributed by atoms with E-state index >= 15 is 0 Å². The molecule has 3 heteroatoms. The predicted molar refractivity (Wildman–Crippen MR) is 49.4 cm³/mol. The Morgan fingerprint density at radius 2 is 2.00 bits per heavy atom. The number of nitrogens with one attached hydrogen (secondary N) is 1. The van der Waals surface area contributed by atoms with Gasteiger partial charge in [0.15, 0.2) is 0 Å². The number of hydrogen-bond donors (Lipinski definition) is 3. The molecule has 0 fully saturated rings. The van der Waals surface area contributed by atoms with Crippen LogP contribution in [0.3, 0.4) is 0 Å². The van der Waals surface area contributed by atoms with Crippen molar-refractivity contribution in [2.75, 3.05) is 13.1 Å². The summed E-state index contributed by atoms with van der Waals surface area (Å²) < 4.78 is 0. The molecule has 0 saturated carbocycles. The summed E-state index contributed by atoms with van der Waals surface area (Å²) in [5.41, 5.74) is 11.2. The monoisotopic (exact) mass is 159 g/mol. The fourth-order valence-electron chi connectivity index (χ4n) is 0.887. The normalized spacial score (nSPS) is 15.0. The Morgan fingerprint density at radius 1 is 1.45 bits per heavy atom. The molecule has 5 N–H and O–H groups in total. The van der Waals surface area contributed by atoms with Gasteiger partial charge in [0.1, 0.15) is 0 Å². The van der Waals surface area contributed by atoms with Crippen LogP contribution in [0.25, 0.3) is 0 Å². The van der Waals surface area contributed by atoms with Gasteiger partial charge in [-0.15, -0.1) is 0 Å². The Labute approximate surface area is 69.5 Å². The van der Waals surface area contributed by atoms with Crippen LogP contribution >= 0.6 is 0 Å². The van der Waals surface area contributed by atoms with E-state index in [0.717, 1.165) is 19.5 Å². The van der Waals surface area contributed by atoms with Crippen LogP contribution in [0.2, 0.25) is 0 Å². The Kier molecular flexibility index (Phi) is 4.65. The van der Waals surface area contributed by atoms with Crippen molar-refractivity contribution in [3.63, 3.8) is 0 Å². The molecule has 0 aliphatic heterocycles. The van der Waals surface area contributed by atoms with Crippen LogP contribution in [0.5, 0.6) is 0 Å². The van der Waals surface area contributed by atoms with Crippen LogP contribution in [0.15, 0.2) is 0 Å². The first-order valence-corrected chi connectivity index (χ1v) is 4.18. The van der Waals surface area contributed by atoms with E-state index in [2.05, 4.69) is 19.2 Å². The molecule has 3 nitrogen and oxygen atoms in total. The second kappa shape index (κ2) is 4.70. The number of hydrogen-bond acceptors (Lipinski definition) is 3. The minimum absolute atomic E-state index is 0.127. The summed E-state index contributed by atoms with van der Waals surface area (Å²) in [6.45, 7) is 7.85. The third-order valence-electron chi connectivity index (χ3n) is 1.67. The maximum absolute atomic E-state index is 5.60. The van der Waals surface area contributed by atoms with Gasteiger partial charge in [0.2, 0.25) is 0 Å². The molecule has 0 saturated heterocycles. The van der Waals surface area contributed by atoms with Gasteiger partial charge in [0.05, 0.1) is 0 Å². The average molecular weight is 159 g/mol. The third kappa shape index (κ3) is 6.28. The van der Waals surface area contributed by atoms with Crippen molar-refractivity contribution < 1.29 is 0 Å². The Bertz CT molecular complexity index is 99.5. The molecule has 0 aliphatic rings. The third-order valence-corrected chi connectivity index (χ3v) is 1.67. The van der Waals surface area contributed by atoms with E-state index in [4.69, 9.17) is 11.5 Å². The van der Waals surface area contributed by atoms with Crippen LogP contribution < -0.4 is 16.8 Å². The van der Waals surface area contributed by atoms with E-state index in [0.29, 0.717) is 0 Å². The zero-order valence-corrected chi connectivity index (χ0v) is 7.85. The molecule has 0 heterocycles. The lowest BCUT2D eigenvalue weighted by Crippen LogP contribution is -2.45. The average Bonchev–Trinajstić information content (AvgIpc) is 1.84. The number of nitrogens with two attached hydrogens (primary N) is 2. The van der Waals surface area contributed by atoms with Crippen LogP contribution in [0.1, 0.15) is 27.2 Å². The Balaban J connectivity index is 3.54. The maximum Gasteiger partial charge on any atom is 0.0137 e. The van der Waals surface area contributed by atoms with Gasteiger partial charge in [-0.3, -0.25) is 0 Å². The van der Waals surface area contributed by atoms with E-state index in [-0.39, 0.29) is 11.6 Å². The molecule has 1 atom stereocenters. The van der Waals surface area contributed by atoms with Crippen molar-refractivity contribution in [2.24, 2.45) is 11.5 Å². The van der Waals surface area contributed by atoms with Crippen LogP contribution in [0, 0.1) is 0 Å². The largest absolute Gasteiger partial charge is 0.330 e. The lowest BCUT2D eigenvalue weighted by atomic mass is 10.0. The molecular weight excluding hydrogens is 138 g/mol. The molecule has 0 bridgehead atoms. The lowest BCUT2D eigenvalue weighted by Gasteiger charge is -2.26. The van der Waals surface area contributed by atoms with E-state index in [1.807, 2.05) is 6.92 Å². The van der Waals surface area contributed by atoms with Gasteiger partial charge in [-0.1, -0.05) is 0 Å². The van der Waals surface area contributed by atoms with Crippen molar-refractivity contribution in [1.29, 1.82) is 0 Å². The Morgan fingerprint density at radius 3 is 2.36 bits per heavy atom. The summed E-state index contributed by atoms with van der Waals surface area (Å²) >= 11 is 0. The van der Waals surface area contributed by atoms with Crippen LogP contribution in [-0.4, -0.2) is 24.7 Å². The summed E-state index contributed by atoms with van der Waals surface area (Å²) in [4.78, 5) is 0. The van der Waals surface area contributed by atoms with Gasteiger partial charge in [0.25, 0.3) is 0 Å². The molecule has 68 valence electrons.